The summed E-state index contributed by atoms with van der Waals surface area (Å²) in [4.78, 5) is 29.9. The van der Waals surface area contributed by atoms with Crippen molar-refractivity contribution in [1.82, 2.24) is 0 Å². The van der Waals surface area contributed by atoms with E-state index >= 15 is 0 Å². The molecule has 22 heavy (non-hydrogen) atoms. The smallest absolute Gasteiger partial charge is 0.330 e. The van der Waals surface area contributed by atoms with Gasteiger partial charge in [-0.15, -0.1) is 0 Å². The van der Waals surface area contributed by atoms with Crippen molar-refractivity contribution in [1.29, 1.82) is 0 Å². The first-order valence-electron chi connectivity index (χ1n) is 6.34. The van der Waals surface area contributed by atoms with Crippen LogP contribution in [0, 0.1) is 0 Å². The summed E-state index contributed by atoms with van der Waals surface area (Å²) in [5.41, 5.74) is 0.176. The SMILES string of the molecule is C=C(C)C(=O)O.C=CC(=O)OCC.C=CC(=O)OCCCO. The second kappa shape index (κ2) is 18.6. The molecule has 0 radical (unpaired) electrons. The molecule has 0 saturated heterocycles. The number of carbonyl (C=O) groups excluding carboxylic acids is 2. The number of aliphatic hydroxyl groups is 1. The molecule has 0 aliphatic carbocycles. The van der Waals surface area contributed by atoms with Crippen LogP contribution in [0.5, 0.6) is 0 Å². The van der Waals surface area contributed by atoms with Gasteiger partial charge in [0.15, 0.2) is 0 Å². The van der Waals surface area contributed by atoms with Gasteiger partial charge < -0.3 is 19.7 Å². The van der Waals surface area contributed by atoms with E-state index in [0.29, 0.717) is 13.0 Å². The molecule has 0 amide bonds. The molecule has 7 heteroatoms. The second-order valence-electron chi connectivity index (χ2n) is 3.49. The molecule has 0 atom stereocenters. The maximum Gasteiger partial charge on any atom is 0.330 e. The van der Waals surface area contributed by atoms with Gasteiger partial charge in [0.2, 0.25) is 0 Å². The summed E-state index contributed by atoms with van der Waals surface area (Å²) in [5.74, 6) is -1.74. The number of aliphatic hydroxyl groups excluding tert-OH is 1. The second-order valence-corrected chi connectivity index (χ2v) is 3.49. The van der Waals surface area contributed by atoms with E-state index in [1.54, 1.807) is 6.92 Å². The van der Waals surface area contributed by atoms with E-state index in [2.05, 4.69) is 29.2 Å². The Kier molecular flexibility index (Phi) is 20.8. The first-order valence-corrected chi connectivity index (χ1v) is 6.34. The number of hydrogen-bond donors (Lipinski definition) is 2. The van der Waals surface area contributed by atoms with Crippen LogP contribution in [0.3, 0.4) is 0 Å². The van der Waals surface area contributed by atoms with E-state index in [-0.39, 0.29) is 24.8 Å². The molecule has 0 unspecified atom stereocenters. The van der Waals surface area contributed by atoms with E-state index in [0.717, 1.165) is 12.2 Å². The highest BCUT2D eigenvalue weighted by Gasteiger charge is 1.92. The van der Waals surface area contributed by atoms with Gasteiger partial charge in [-0.3, -0.25) is 0 Å². The van der Waals surface area contributed by atoms with Crippen molar-refractivity contribution in [2.45, 2.75) is 20.3 Å². The van der Waals surface area contributed by atoms with Gasteiger partial charge in [0.05, 0.1) is 13.2 Å². The van der Waals surface area contributed by atoms with Crippen LogP contribution in [0.2, 0.25) is 0 Å². The molecule has 0 spiro atoms. The lowest BCUT2D eigenvalue weighted by Crippen LogP contribution is -2.02. The van der Waals surface area contributed by atoms with Crippen molar-refractivity contribution in [3.8, 4) is 0 Å². The zero-order valence-corrected chi connectivity index (χ0v) is 13.0. The van der Waals surface area contributed by atoms with E-state index in [4.69, 9.17) is 10.2 Å². The number of hydrogen-bond acceptors (Lipinski definition) is 6. The van der Waals surface area contributed by atoms with Gasteiger partial charge in [0, 0.05) is 30.8 Å². The quantitative estimate of drug-likeness (QED) is 0.416. The predicted octanol–water partition coefficient (Wildman–Crippen LogP) is 1.48. The minimum Gasteiger partial charge on any atom is -0.478 e. The van der Waals surface area contributed by atoms with Gasteiger partial charge in [-0.25, -0.2) is 14.4 Å². The number of carboxylic acid groups (broad SMARTS) is 1. The fourth-order valence-electron chi connectivity index (χ4n) is 0.497. The fraction of sp³-hybridized carbons (Fsp3) is 0.400. The molecule has 2 N–H and O–H groups in total. The van der Waals surface area contributed by atoms with E-state index in [1.165, 1.54) is 6.92 Å². The number of carbonyl (C=O) groups is 3. The lowest BCUT2D eigenvalue weighted by molar-refractivity contribution is -0.138. The van der Waals surface area contributed by atoms with Crippen molar-refractivity contribution in [2.24, 2.45) is 0 Å². The summed E-state index contributed by atoms with van der Waals surface area (Å²) in [7, 11) is 0. The molecule has 0 aromatic heterocycles. The van der Waals surface area contributed by atoms with Gasteiger partial charge in [-0.1, -0.05) is 19.7 Å². The normalized spacial score (nSPS) is 7.95. The lowest BCUT2D eigenvalue weighted by atomic mass is 10.4. The van der Waals surface area contributed by atoms with Gasteiger partial charge in [0.1, 0.15) is 0 Å². The van der Waals surface area contributed by atoms with Gasteiger partial charge in [-0.2, -0.15) is 0 Å². The van der Waals surface area contributed by atoms with Crippen LogP contribution in [0.15, 0.2) is 37.5 Å². The standard InChI is InChI=1S/C6H10O3.C5H8O2.C4H6O2/c1-2-6(8)9-5-3-4-7;1-3-5(6)7-4-2;1-3(2)4(5)6/h2,7H,1,3-5H2;3H,1,4H2,2H3;1H2,2H3,(H,5,6). The highest BCUT2D eigenvalue weighted by Crippen LogP contribution is 1.82. The molecular weight excluding hydrogens is 292 g/mol. The average molecular weight is 316 g/mol. The molecular formula is C15H24O7. The Morgan fingerprint density at radius 3 is 1.73 bits per heavy atom. The van der Waals surface area contributed by atoms with Crippen LogP contribution in [0.4, 0.5) is 0 Å². The van der Waals surface area contributed by atoms with Crippen molar-refractivity contribution >= 4 is 17.9 Å². The Bertz CT molecular complexity index is 360. The monoisotopic (exact) mass is 316 g/mol. The van der Waals surface area contributed by atoms with Gasteiger partial charge in [0.25, 0.3) is 0 Å². The lowest BCUT2D eigenvalue weighted by Gasteiger charge is -1.96. The Labute approximate surface area is 130 Å². The zero-order valence-electron chi connectivity index (χ0n) is 13.0. The molecule has 0 rings (SSSR count). The molecule has 7 nitrogen and oxygen atoms in total. The summed E-state index contributed by atoms with van der Waals surface area (Å²) >= 11 is 0. The average Bonchev–Trinajstić information content (AvgIpc) is 2.48. The molecule has 0 aromatic rings. The molecule has 126 valence electrons. The third-order valence-corrected chi connectivity index (χ3v) is 1.53. The molecule has 0 aromatic carbocycles. The molecule has 0 heterocycles. The summed E-state index contributed by atoms with van der Waals surface area (Å²) in [6, 6.07) is 0. The number of aliphatic carboxylic acids is 1. The van der Waals surface area contributed by atoms with Gasteiger partial charge >= 0.3 is 17.9 Å². The van der Waals surface area contributed by atoms with Crippen molar-refractivity contribution in [3.05, 3.63) is 37.5 Å². The highest BCUT2D eigenvalue weighted by molar-refractivity contribution is 5.84. The van der Waals surface area contributed by atoms with E-state index < -0.39 is 11.9 Å². The number of ether oxygens (including phenoxy) is 2. The van der Waals surface area contributed by atoms with Crippen molar-refractivity contribution in [3.63, 3.8) is 0 Å². The maximum absolute atomic E-state index is 10.3. The summed E-state index contributed by atoms with van der Waals surface area (Å²) < 4.78 is 8.95. The Hall–Kier alpha value is -2.41. The van der Waals surface area contributed by atoms with Crippen molar-refractivity contribution < 1.29 is 34.1 Å². The van der Waals surface area contributed by atoms with Crippen LogP contribution in [-0.4, -0.2) is 47.9 Å². The minimum atomic E-state index is -0.935. The van der Waals surface area contributed by atoms with Crippen LogP contribution in [-0.2, 0) is 23.9 Å². The van der Waals surface area contributed by atoms with E-state index in [1.807, 2.05) is 0 Å². The summed E-state index contributed by atoms with van der Waals surface area (Å²) in [6.07, 6.45) is 2.72. The van der Waals surface area contributed by atoms with Crippen molar-refractivity contribution in [2.75, 3.05) is 19.8 Å². The minimum absolute atomic E-state index is 0.0461. The van der Waals surface area contributed by atoms with E-state index in [9.17, 15) is 14.4 Å². The maximum atomic E-state index is 10.3. The Morgan fingerprint density at radius 1 is 1.09 bits per heavy atom. The summed E-state index contributed by atoms with van der Waals surface area (Å²) in [6.45, 7) is 13.5. The highest BCUT2D eigenvalue weighted by atomic mass is 16.5. The van der Waals surface area contributed by atoms with Gasteiger partial charge in [-0.05, 0) is 13.8 Å². The summed E-state index contributed by atoms with van der Waals surface area (Å²) in [5, 5.41) is 16.1. The fourth-order valence-corrected chi connectivity index (χ4v) is 0.497. The molecule has 0 bridgehead atoms. The van der Waals surface area contributed by atoms with Crippen LogP contribution < -0.4 is 0 Å². The largest absolute Gasteiger partial charge is 0.478 e. The number of carboxylic acids is 1. The number of esters is 2. The third kappa shape index (κ3) is 26.2. The molecule has 0 aliphatic rings. The number of rotatable bonds is 7. The molecule has 0 fully saturated rings. The zero-order chi connectivity index (χ0) is 18.0. The molecule has 0 saturated carbocycles. The predicted molar refractivity (Wildman–Crippen MR) is 82.1 cm³/mol. The Balaban J connectivity index is -0.000000252. The van der Waals surface area contributed by atoms with Crippen LogP contribution in [0.25, 0.3) is 0 Å². The first kappa shape index (κ1) is 24.6. The van der Waals surface area contributed by atoms with Crippen LogP contribution >= 0.6 is 0 Å². The third-order valence-electron chi connectivity index (χ3n) is 1.53. The van der Waals surface area contributed by atoms with Crippen LogP contribution in [0.1, 0.15) is 20.3 Å². The first-order chi connectivity index (χ1) is 10.3. The topological polar surface area (TPSA) is 110 Å². The molecule has 0 aliphatic heterocycles. The Morgan fingerprint density at radius 2 is 1.50 bits per heavy atom.